The zero-order valence-corrected chi connectivity index (χ0v) is 23.2. The molecule has 3 rings (SSSR count). The van der Waals surface area contributed by atoms with Gasteiger partial charge in [0.1, 0.15) is 19.0 Å². The summed E-state index contributed by atoms with van der Waals surface area (Å²) in [6.45, 7) is 4.42. The second-order valence-corrected chi connectivity index (χ2v) is 8.53. The molecule has 0 atom stereocenters. The predicted octanol–water partition coefficient (Wildman–Crippen LogP) is 4.17. The van der Waals surface area contributed by atoms with Gasteiger partial charge >= 0.3 is 23.9 Å². The van der Waals surface area contributed by atoms with Gasteiger partial charge in [0.25, 0.3) is 0 Å². The van der Waals surface area contributed by atoms with Crippen molar-refractivity contribution in [1.82, 2.24) is 0 Å². The van der Waals surface area contributed by atoms with Crippen LogP contribution >= 0.6 is 0 Å². The second-order valence-electron chi connectivity index (χ2n) is 8.53. The molecule has 0 amide bonds. The van der Waals surface area contributed by atoms with Crippen molar-refractivity contribution in [3.63, 3.8) is 0 Å². The van der Waals surface area contributed by atoms with Crippen molar-refractivity contribution >= 4 is 42.6 Å². The summed E-state index contributed by atoms with van der Waals surface area (Å²) in [6.07, 6.45) is 3.00. The number of aldehydes is 1. The van der Waals surface area contributed by atoms with E-state index >= 15 is 0 Å². The topological polar surface area (TPSA) is 156 Å². The van der Waals surface area contributed by atoms with Crippen molar-refractivity contribution < 1.29 is 47.9 Å². The summed E-state index contributed by atoms with van der Waals surface area (Å²) in [5, 5.41) is 7.29. The molecule has 0 unspecified atom stereocenters. The van der Waals surface area contributed by atoms with Crippen LogP contribution in [0.4, 0.5) is 0 Å². The van der Waals surface area contributed by atoms with Crippen molar-refractivity contribution in [2.45, 2.75) is 6.92 Å². The number of methoxy groups -OCH3 is 1. The van der Waals surface area contributed by atoms with E-state index in [0.29, 0.717) is 28.7 Å². The van der Waals surface area contributed by atoms with E-state index in [4.69, 9.17) is 23.9 Å². The predicted molar refractivity (Wildman–Crippen MR) is 153 cm³/mol. The van der Waals surface area contributed by atoms with Gasteiger partial charge in [0.2, 0.25) is 0 Å². The van der Waals surface area contributed by atoms with Gasteiger partial charge in [-0.3, -0.25) is 4.79 Å². The quantitative estimate of drug-likeness (QED) is 0.0542. The molecular weight excluding hydrogens is 560 g/mol. The van der Waals surface area contributed by atoms with E-state index in [0.717, 1.165) is 18.3 Å². The Hall–Kier alpha value is -5.91. The van der Waals surface area contributed by atoms with Crippen LogP contribution in [0.3, 0.4) is 0 Å². The summed E-state index contributed by atoms with van der Waals surface area (Å²) in [6, 6.07) is 16.7. The fourth-order valence-corrected chi connectivity index (χ4v) is 3.36. The summed E-state index contributed by atoms with van der Waals surface area (Å²) in [5.74, 6) is -3.21. The number of hydrogen-bond donors (Lipinski definition) is 0. The molecule has 3 aromatic carbocycles. The van der Waals surface area contributed by atoms with Crippen LogP contribution in [0.15, 0.2) is 89.2 Å². The fraction of sp³-hybridized carbons (Fsp3) is 0.129. The van der Waals surface area contributed by atoms with Gasteiger partial charge in [0.15, 0.2) is 6.29 Å². The summed E-state index contributed by atoms with van der Waals surface area (Å²) >= 11 is 0. The van der Waals surface area contributed by atoms with Gasteiger partial charge in [0, 0.05) is 22.3 Å². The number of oxime groups is 2. The summed E-state index contributed by atoms with van der Waals surface area (Å²) in [7, 11) is 1.46. The van der Waals surface area contributed by atoms with Crippen LogP contribution in [-0.4, -0.2) is 62.9 Å². The van der Waals surface area contributed by atoms with Gasteiger partial charge in [-0.05, 0) is 37.3 Å². The SMILES string of the molecule is C=C(C)C(=O)OCCOC(=O)c1ccc(C(=O)O/N=C/c2ccccc2C=O)c(C(=O)O/N=C/c2ccccc2OC)c1. The molecule has 0 spiro atoms. The Morgan fingerprint density at radius 3 is 1.98 bits per heavy atom. The minimum absolute atomic E-state index is 0.119. The van der Waals surface area contributed by atoms with E-state index in [1.165, 1.54) is 26.3 Å². The van der Waals surface area contributed by atoms with Crippen molar-refractivity contribution in [2.75, 3.05) is 20.3 Å². The van der Waals surface area contributed by atoms with Gasteiger partial charge in [-0.1, -0.05) is 53.3 Å². The summed E-state index contributed by atoms with van der Waals surface area (Å²) < 4.78 is 15.2. The maximum Gasteiger partial charge on any atom is 0.366 e. The van der Waals surface area contributed by atoms with Crippen molar-refractivity contribution in [3.8, 4) is 5.75 Å². The molecule has 0 fully saturated rings. The molecule has 0 aromatic heterocycles. The Labute approximate surface area is 246 Å². The van der Waals surface area contributed by atoms with Gasteiger partial charge < -0.3 is 23.9 Å². The van der Waals surface area contributed by atoms with Crippen LogP contribution < -0.4 is 4.74 Å². The Balaban J connectivity index is 1.81. The molecule has 3 aromatic rings. The van der Waals surface area contributed by atoms with Crippen LogP contribution in [0.25, 0.3) is 0 Å². The number of rotatable bonds is 13. The average molecular weight is 587 g/mol. The third-order valence-electron chi connectivity index (χ3n) is 5.51. The number of ether oxygens (including phenoxy) is 3. The van der Waals surface area contributed by atoms with Crippen LogP contribution in [0.1, 0.15) is 59.5 Å². The lowest BCUT2D eigenvalue weighted by molar-refractivity contribution is -0.140. The molecule has 0 aliphatic heterocycles. The monoisotopic (exact) mass is 586 g/mol. The molecule has 0 aliphatic rings. The van der Waals surface area contributed by atoms with Gasteiger partial charge in [0.05, 0.1) is 36.2 Å². The molecule has 220 valence electrons. The first-order valence-electron chi connectivity index (χ1n) is 12.6. The number of nitrogens with zero attached hydrogens (tertiary/aromatic N) is 2. The third kappa shape index (κ3) is 9.05. The number of benzene rings is 3. The summed E-state index contributed by atoms with van der Waals surface area (Å²) in [5.41, 5.74) is 0.597. The number of carbonyl (C=O) groups excluding carboxylic acids is 5. The van der Waals surface area contributed by atoms with Crippen molar-refractivity contribution in [2.24, 2.45) is 10.3 Å². The molecule has 12 nitrogen and oxygen atoms in total. The maximum atomic E-state index is 13.0. The smallest absolute Gasteiger partial charge is 0.366 e. The molecule has 0 N–H and O–H groups in total. The first-order chi connectivity index (χ1) is 20.7. The van der Waals surface area contributed by atoms with E-state index in [1.807, 2.05) is 0 Å². The van der Waals surface area contributed by atoms with Crippen molar-refractivity contribution in [3.05, 3.63) is 112 Å². The van der Waals surface area contributed by atoms with E-state index < -0.39 is 23.9 Å². The Morgan fingerprint density at radius 1 is 0.744 bits per heavy atom. The lowest BCUT2D eigenvalue weighted by Gasteiger charge is -2.09. The first kappa shape index (κ1) is 31.6. The van der Waals surface area contributed by atoms with Crippen LogP contribution in [-0.2, 0) is 23.9 Å². The minimum Gasteiger partial charge on any atom is -0.496 e. The number of hydrogen-bond acceptors (Lipinski definition) is 12. The molecule has 0 bridgehead atoms. The lowest BCUT2D eigenvalue weighted by Crippen LogP contribution is -2.16. The van der Waals surface area contributed by atoms with E-state index in [1.54, 1.807) is 48.5 Å². The van der Waals surface area contributed by atoms with Gasteiger partial charge in [-0.15, -0.1) is 0 Å². The van der Waals surface area contributed by atoms with Crippen LogP contribution in [0.2, 0.25) is 0 Å². The third-order valence-corrected chi connectivity index (χ3v) is 5.51. The number of para-hydroxylation sites is 1. The average Bonchev–Trinajstić information content (AvgIpc) is 3.02. The number of esters is 2. The van der Waals surface area contributed by atoms with E-state index in [-0.39, 0.29) is 35.5 Å². The molecule has 12 heteroatoms. The Morgan fingerprint density at radius 2 is 1.33 bits per heavy atom. The normalized spacial score (nSPS) is 10.7. The van der Waals surface area contributed by atoms with Crippen LogP contribution in [0.5, 0.6) is 5.75 Å². The zero-order valence-electron chi connectivity index (χ0n) is 23.2. The number of carbonyl (C=O) groups is 5. The first-order valence-corrected chi connectivity index (χ1v) is 12.6. The highest BCUT2D eigenvalue weighted by Gasteiger charge is 2.23. The maximum absolute atomic E-state index is 13.0. The fourth-order valence-electron chi connectivity index (χ4n) is 3.36. The highest BCUT2D eigenvalue weighted by Crippen LogP contribution is 2.18. The molecule has 0 saturated carbocycles. The Bertz CT molecular complexity index is 1590. The molecule has 43 heavy (non-hydrogen) atoms. The Kier molecular flexibility index (Phi) is 11.6. The van der Waals surface area contributed by atoms with Crippen LogP contribution in [0, 0.1) is 0 Å². The van der Waals surface area contributed by atoms with Gasteiger partial charge in [-0.25, -0.2) is 19.2 Å². The summed E-state index contributed by atoms with van der Waals surface area (Å²) in [4.78, 5) is 71.0. The molecular formula is C31H26N2O10. The van der Waals surface area contributed by atoms with Gasteiger partial charge in [-0.2, -0.15) is 0 Å². The minimum atomic E-state index is -1.10. The standard InChI is InChI=1S/C31H26N2O10/c1-20(2)28(35)40-14-15-41-29(36)21-12-13-25(30(37)42-32-17-22-8-4-5-10-24(22)19-34)26(16-21)31(38)43-33-18-23-9-6-7-11-27(23)39-3/h4-13,16-19H,1,14-15H2,2-3H3/b32-17+,33-18+. The zero-order chi connectivity index (χ0) is 31.2. The molecule has 0 saturated heterocycles. The van der Waals surface area contributed by atoms with Crippen molar-refractivity contribution in [1.29, 1.82) is 0 Å². The molecule has 0 aliphatic carbocycles. The highest BCUT2D eigenvalue weighted by atomic mass is 16.7. The largest absolute Gasteiger partial charge is 0.496 e. The second kappa shape index (κ2) is 15.8. The molecule has 0 heterocycles. The molecule has 0 radical (unpaired) electrons. The highest BCUT2D eigenvalue weighted by molar-refractivity contribution is 6.05. The lowest BCUT2D eigenvalue weighted by atomic mass is 10.0. The van der Waals surface area contributed by atoms with E-state index in [9.17, 15) is 24.0 Å². The van der Waals surface area contributed by atoms with E-state index in [2.05, 4.69) is 16.9 Å².